The van der Waals surface area contributed by atoms with Crippen LogP contribution in [0.5, 0.6) is 0 Å². The van der Waals surface area contributed by atoms with E-state index in [4.69, 9.17) is 4.74 Å². The zero-order chi connectivity index (χ0) is 9.47. The highest BCUT2D eigenvalue weighted by Crippen LogP contribution is 2.47. The number of benzene rings is 1. The lowest BCUT2D eigenvalue weighted by molar-refractivity contribution is 0.152. The third-order valence-electron chi connectivity index (χ3n) is 2.64. The predicted octanol–water partition coefficient (Wildman–Crippen LogP) is 1.68. The Hall–Kier alpha value is -0.860. The van der Waals surface area contributed by atoms with E-state index < -0.39 is 6.10 Å². The van der Waals surface area contributed by atoms with Gasteiger partial charge in [0.05, 0.1) is 6.10 Å². The van der Waals surface area contributed by atoms with Gasteiger partial charge in [-0.3, -0.25) is 0 Å². The number of ether oxygens (including phenoxy) is 1. The molecule has 0 aliphatic carbocycles. The fourth-order valence-electron chi connectivity index (χ4n) is 1.79. The van der Waals surface area contributed by atoms with Crippen molar-refractivity contribution in [3.63, 3.8) is 0 Å². The topological polar surface area (TPSA) is 32.8 Å². The van der Waals surface area contributed by atoms with Gasteiger partial charge in [-0.05, 0) is 19.4 Å². The Morgan fingerprint density at radius 3 is 2.46 bits per heavy atom. The van der Waals surface area contributed by atoms with Crippen LogP contribution < -0.4 is 0 Å². The number of hydrogen-bond acceptors (Lipinski definition) is 2. The molecular weight excluding hydrogens is 164 g/mol. The van der Waals surface area contributed by atoms with Crippen molar-refractivity contribution in [1.29, 1.82) is 0 Å². The highest BCUT2D eigenvalue weighted by atomic mass is 16.6. The van der Waals surface area contributed by atoms with E-state index in [9.17, 15) is 5.11 Å². The van der Waals surface area contributed by atoms with Crippen molar-refractivity contribution in [3.05, 3.63) is 35.9 Å². The summed E-state index contributed by atoms with van der Waals surface area (Å²) in [7, 11) is 0. The summed E-state index contributed by atoms with van der Waals surface area (Å²) >= 11 is 0. The molecule has 2 heteroatoms. The Bertz CT molecular complexity index is 294. The highest BCUT2D eigenvalue weighted by Gasteiger charge is 2.55. The summed E-state index contributed by atoms with van der Waals surface area (Å²) in [4.78, 5) is 0. The summed E-state index contributed by atoms with van der Waals surface area (Å²) in [5.74, 6) is 0. The Morgan fingerprint density at radius 1 is 1.38 bits per heavy atom. The van der Waals surface area contributed by atoms with Gasteiger partial charge >= 0.3 is 0 Å². The molecule has 1 fully saturated rings. The first-order chi connectivity index (χ1) is 6.14. The molecule has 70 valence electrons. The van der Waals surface area contributed by atoms with Gasteiger partial charge in [-0.15, -0.1) is 0 Å². The summed E-state index contributed by atoms with van der Waals surface area (Å²) in [6.07, 6.45) is -0.444. The van der Waals surface area contributed by atoms with Gasteiger partial charge < -0.3 is 9.84 Å². The molecule has 0 aromatic heterocycles. The smallest absolute Gasteiger partial charge is 0.120 e. The normalized spacial score (nSPS) is 34.2. The standard InChI is InChI=1S/C11H14O2/c1-8(12)10-11(2,13-10)9-6-4-3-5-7-9/h3-8,10,12H,1-2H3/t8-,10+,11-/m1/s1. The highest BCUT2D eigenvalue weighted by molar-refractivity contribution is 5.28. The van der Waals surface area contributed by atoms with Crippen molar-refractivity contribution in [2.24, 2.45) is 0 Å². The van der Waals surface area contributed by atoms with Crippen molar-refractivity contribution < 1.29 is 9.84 Å². The molecule has 0 spiro atoms. The lowest BCUT2D eigenvalue weighted by atomic mass is 9.95. The van der Waals surface area contributed by atoms with E-state index in [0.717, 1.165) is 5.56 Å². The fourth-order valence-corrected chi connectivity index (χ4v) is 1.79. The van der Waals surface area contributed by atoms with E-state index in [1.807, 2.05) is 37.3 Å². The Labute approximate surface area is 78.2 Å². The summed E-state index contributed by atoms with van der Waals surface area (Å²) in [6, 6.07) is 10.0. The SMILES string of the molecule is C[C@@H](O)[C@@H]1O[C@]1(C)c1ccccc1. The molecule has 0 amide bonds. The lowest BCUT2D eigenvalue weighted by Gasteiger charge is -2.07. The van der Waals surface area contributed by atoms with E-state index in [1.165, 1.54) is 0 Å². The molecular formula is C11H14O2. The van der Waals surface area contributed by atoms with E-state index in [-0.39, 0.29) is 11.7 Å². The van der Waals surface area contributed by atoms with Crippen molar-refractivity contribution in [1.82, 2.24) is 0 Å². The van der Waals surface area contributed by atoms with Crippen LogP contribution >= 0.6 is 0 Å². The molecule has 1 aliphatic rings. The first-order valence-electron chi connectivity index (χ1n) is 4.56. The van der Waals surface area contributed by atoms with Gasteiger partial charge in [0, 0.05) is 0 Å². The summed E-state index contributed by atoms with van der Waals surface area (Å²) in [6.45, 7) is 3.78. The molecule has 13 heavy (non-hydrogen) atoms. The number of epoxide rings is 1. The van der Waals surface area contributed by atoms with Gasteiger partial charge in [0.2, 0.25) is 0 Å². The second-order valence-corrected chi connectivity index (χ2v) is 3.75. The van der Waals surface area contributed by atoms with Crippen molar-refractivity contribution in [3.8, 4) is 0 Å². The van der Waals surface area contributed by atoms with Crippen LogP contribution in [0.1, 0.15) is 19.4 Å². The molecule has 0 bridgehead atoms. The minimum absolute atomic E-state index is 0.0464. The molecule has 0 radical (unpaired) electrons. The molecule has 1 N–H and O–H groups in total. The van der Waals surface area contributed by atoms with Gasteiger partial charge in [0.1, 0.15) is 11.7 Å². The third-order valence-corrected chi connectivity index (χ3v) is 2.64. The molecule has 1 aromatic rings. The number of aliphatic hydroxyl groups excluding tert-OH is 1. The van der Waals surface area contributed by atoms with E-state index in [1.54, 1.807) is 6.92 Å². The molecule has 2 nitrogen and oxygen atoms in total. The largest absolute Gasteiger partial charge is 0.391 e. The van der Waals surface area contributed by atoms with Crippen molar-refractivity contribution in [2.45, 2.75) is 31.7 Å². The number of hydrogen-bond donors (Lipinski definition) is 1. The average molecular weight is 178 g/mol. The van der Waals surface area contributed by atoms with Gasteiger partial charge in [-0.25, -0.2) is 0 Å². The Balaban J connectivity index is 2.21. The molecule has 3 atom stereocenters. The Morgan fingerprint density at radius 2 is 2.00 bits per heavy atom. The molecule has 1 aliphatic heterocycles. The fraction of sp³-hybridized carbons (Fsp3) is 0.455. The van der Waals surface area contributed by atoms with E-state index in [0.29, 0.717) is 0 Å². The molecule has 2 rings (SSSR count). The van der Waals surface area contributed by atoms with Crippen LogP contribution in [0.3, 0.4) is 0 Å². The van der Waals surface area contributed by atoms with Gasteiger partial charge in [-0.1, -0.05) is 30.3 Å². The molecule has 1 heterocycles. The van der Waals surface area contributed by atoms with E-state index in [2.05, 4.69) is 0 Å². The zero-order valence-electron chi connectivity index (χ0n) is 7.90. The second kappa shape index (κ2) is 2.82. The maximum absolute atomic E-state index is 9.36. The monoisotopic (exact) mass is 178 g/mol. The van der Waals surface area contributed by atoms with Crippen LogP contribution in [0.25, 0.3) is 0 Å². The lowest BCUT2D eigenvalue weighted by Crippen LogP contribution is -2.17. The quantitative estimate of drug-likeness (QED) is 0.699. The first kappa shape index (κ1) is 8.73. The maximum Gasteiger partial charge on any atom is 0.120 e. The summed E-state index contributed by atoms with van der Waals surface area (Å²) < 4.78 is 5.50. The van der Waals surface area contributed by atoms with Crippen LogP contribution in [0.15, 0.2) is 30.3 Å². The molecule has 0 unspecified atom stereocenters. The second-order valence-electron chi connectivity index (χ2n) is 3.75. The van der Waals surface area contributed by atoms with Crippen molar-refractivity contribution >= 4 is 0 Å². The van der Waals surface area contributed by atoms with Crippen LogP contribution in [0, 0.1) is 0 Å². The summed E-state index contributed by atoms with van der Waals surface area (Å²) in [5, 5.41) is 9.36. The van der Waals surface area contributed by atoms with Gasteiger partial charge in [0.25, 0.3) is 0 Å². The molecule has 1 saturated heterocycles. The Kier molecular flexibility index (Phi) is 1.90. The minimum atomic E-state index is -0.398. The first-order valence-corrected chi connectivity index (χ1v) is 4.56. The van der Waals surface area contributed by atoms with Crippen LogP contribution in [0.2, 0.25) is 0 Å². The molecule has 1 aromatic carbocycles. The predicted molar refractivity (Wildman–Crippen MR) is 50.3 cm³/mol. The minimum Gasteiger partial charge on any atom is -0.391 e. The van der Waals surface area contributed by atoms with Crippen LogP contribution in [-0.4, -0.2) is 17.3 Å². The van der Waals surface area contributed by atoms with Gasteiger partial charge in [-0.2, -0.15) is 0 Å². The molecule has 0 saturated carbocycles. The number of rotatable bonds is 2. The van der Waals surface area contributed by atoms with Crippen LogP contribution in [0.4, 0.5) is 0 Å². The van der Waals surface area contributed by atoms with Crippen molar-refractivity contribution in [2.75, 3.05) is 0 Å². The average Bonchev–Trinajstić information content (AvgIpc) is 2.82. The number of aliphatic hydroxyl groups is 1. The maximum atomic E-state index is 9.36. The van der Waals surface area contributed by atoms with Gasteiger partial charge in [0.15, 0.2) is 0 Å². The van der Waals surface area contributed by atoms with E-state index >= 15 is 0 Å². The zero-order valence-corrected chi connectivity index (χ0v) is 7.90. The van der Waals surface area contributed by atoms with Crippen LogP contribution in [-0.2, 0) is 10.3 Å². The third kappa shape index (κ3) is 1.36. The summed E-state index contributed by atoms with van der Waals surface area (Å²) in [5.41, 5.74) is 0.871.